The number of hydrogen-bond donors (Lipinski definition) is 0. The number of rotatable bonds is 3. The van der Waals surface area contributed by atoms with E-state index in [4.69, 9.17) is 0 Å². The van der Waals surface area contributed by atoms with Gasteiger partial charge in [-0.05, 0) is 36.4 Å². The molecule has 2 heterocycles. The van der Waals surface area contributed by atoms with Crippen molar-refractivity contribution in [2.24, 2.45) is 0 Å². The van der Waals surface area contributed by atoms with Crippen LogP contribution in [0.5, 0.6) is 0 Å². The molecule has 4 aromatic rings. The van der Waals surface area contributed by atoms with E-state index < -0.39 is 10.0 Å². The van der Waals surface area contributed by atoms with Gasteiger partial charge in [0, 0.05) is 11.6 Å². The van der Waals surface area contributed by atoms with Gasteiger partial charge >= 0.3 is 0 Å². The molecule has 0 fully saturated rings. The zero-order valence-corrected chi connectivity index (χ0v) is 13.5. The minimum absolute atomic E-state index is 0.253. The molecule has 0 atom stereocenters. The first kappa shape index (κ1) is 14.7. The average molecular weight is 334 g/mol. The molecule has 4 rings (SSSR count). The molecule has 118 valence electrons. The highest BCUT2D eigenvalue weighted by atomic mass is 32.2. The highest BCUT2D eigenvalue weighted by molar-refractivity contribution is 7.90. The molecule has 2 aromatic heterocycles. The zero-order chi connectivity index (χ0) is 16.6. The number of nitrogens with zero attached hydrogens (tertiary/aromatic N) is 2. The van der Waals surface area contributed by atoms with E-state index in [1.807, 2.05) is 36.4 Å². The monoisotopic (exact) mass is 334 g/mol. The Morgan fingerprint density at radius 3 is 2.33 bits per heavy atom. The van der Waals surface area contributed by atoms with Crippen LogP contribution in [0.25, 0.3) is 22.3 Å². The fourth-order valence-electron chi connectivity index (χ4n) is 2.69. The summed E-state index contributed by atoms with van der Waals surface area (Å²) in [6.07, 6.45) is 1.55. The Balaban J connectivity index is 1.88. The molecule has 0 spiro atoms. The van der Waals surface area contributed by atoms with Crippen LogP contribution in [-0.2, 0) is 10.0 Å². The van der Waals surface area contributed by atoms with Crippen molar-refractivity contribution in [3.63, 3.8) is 0 Å². The molecule has 0 N–H and O–H groups in total. The normalized spacial score (nSPS) is 11.7. The van der Waals surface area contributed by atoms with Crippen LogP contribution >= 0.6 is 0 Å². The summed E-state index contributed by atoms with van der Waals surface area (Å²) in [7, 11) is -3.65. The third-order valence-electron chi connectivity index (χ3n) is 3.87. The topological polar surface area (TPSA) is 52.0 Å². The Kier molecular flexibility index (Phi) is 3.43. The second-order valence-electron chi connectivity index (χ2n) is 5.40. The zero-order valence-electron chi connectivity index (χ0n) is 12.7. The summed E-state index contributed by atoms with van der Waals surface area (Å²) in [5.41, 5.74) is 2.00. The quantitative estimate of drug-likeness (QED) is 0.570. The van der Waals surface area contributed by atoms with Crippen LogP contribution in [0.15, 0.2) is 90.0 Å². The van der Waals surface area contributed by atoms with E-state index in [0.29, 0.717) is 11.4 Å². The van der Waals surface area contributed by atoms with Gasteiger partial charge < -0.3 is 0 Å². The van der Waals surface area contributed by atoms with E-state index in [-0.39, 0.29) is 4.90 Å². The predicted octanol–water partition coefficient (Wildman–Crippen LogP) is 3.94. The minimum atomic E-state index is -3.65. The van der Waals surface area contributed by atoms with E-state index in [0.717, 1.165) is 10.9 Å². The maximum atomic E-state index is 12.9. The second-order valence-corrected chi connectivity index (χ2v) is 7.21. The lowest BCUT2D eigenvalue weighted by Crippen LogP contribution is -2.13. The number of para-hydroxylation sites is 1. The van der Waals surface area contributed by atoms with Gasteiger partial charge in [-0.3, -0.25) is 0 Å². The van der Waals surface area contributed by atoms with Gasteiger partial charge in [0.25, 0.3) is 10.0 Å². The molecule has 4 nitrogen and oxygen atoms in total. The fourth-order valence-corrected chi connectivity index (χ4v) is 4.06. The summed E-state index contributed by atoms with van der Waals surface area (Å²) in [5.74, 6) is 0. The van der Waals surface area contributed by atoms with Crippen molar-refractivity contribution in [2.45, 2.75) is 4.90 Å². The largest absolute Gasteiger partial charge is 0.268 e. The molecule has 0 bridgehead atoms. The van der Waals surface area contributed by atoms with Crippen LogP contribution in [0, 0.1) is 0 Å². The van der Waals surface area contributed by atoms with E-state index in [9.17, 15) is 8.42 Å². The van der Waals surface area contributed by atoms with Crippen molar-refractivity contribution >= 4 is 20.9 Å². The lowest BCUT2D eigenvalue weighted by molar-refractivity contribution is 0.588. The van der Waals surface area contributed by atoms with Crippen molar-refractivity contribution in [1.82, 2.24) is 8.96 Å². The molecule has 0 aliphatic rings. The van der Waals surface area contributed by atoms with Crippen molar-refractivity contribution in [3.05, 3.63) is 85.1 Å². The summed E-state index contributed by atoms with van der Waals surface area (Å²) in [6.45, 7) is 0. The molecule has 0 amide bonds. The van der Waals surface area contributed by atoms with Gasteiger partial charge in [-0.25, -0.2) is 17.4 Å². The summed E-state index contributed by atoms with van der Waals surface area (Å²) in [6, 6.07) is 23.4. The Morgan fingerprint density at radius 2 is 1.50 bits per heavy atom. The van der Waals surface area contributed by atoms with Gasteiger partial charge in [-0.1, -0.05) is 42.5 Å². The van der Waals surface area contributed by atoms with Gasteiger partial charge in [0.05, 0.1) is 21.8 Å². The van der Waals surface area contributed by atoms with Crippen LogP contribution in [-0.4, -0.2) is 17.4 Å². The Labute approximate surface area is 140 Å². The number of benzene rings is 2. The third-order valence-corrected chi connectivity index (χ3v) is 5.58. The lowest BCUT2D eigenvalue weighted by Gasteiger charge is -2.10. The first-order valence-corrected chi connectivity index (χ1v) is 8.94. The molecule has 0 saturated carbocycles. The van der Waals surface area contributed by atoms with E-state index in [1.54, 1.807) is 48.7 Å². The lowest BCUT2D eigenvalue weighted by atomic mass is 10.2. The Morgan fingerprint density at radius 1 is 0.750 bits per heavy atom. The Hall–Kier alpha value is -2.92. The summed E-state index contributed by atoms with van der Waals surface area (Å²) in [4.78, 5) is 4.85. The number of fused-ring (bicyclic) bond motifs is 1. The molecular weight excluding hydrogens is 320 g/mol. The maximum Gasteiger partial charge on any atom is 0.268 e. The van der Waals surface area contributed by atoms with Gasteiger partial charge in [0.2, 0.25) is 0 Å². The van der Waals surface area contributed by atoms with Gasteiger partial charge in [-0.15, -0.1) is 0 Å². The molecule has 0 unspecified atom stereocenters. The van der Waals surface area contributed by atoms with Crippen LogP contribution in [0.2, 0.25) is 0 Å². The van der Waals surface area contributed by atoms with Gasteiger partial charge in [0.15, 0.2) is 0 Å². The number of aromatic nitrogens is 2. The van der Waals surface area contributed by atoms with Crippen molar-refractivity contribution in [2.75, 3.05) is 0 Å². The third kappa shape index (κ3) is 2.39. The predicted molar refractivity (Wildman–Crippen MR) is 94.2 cm³/mol. The maximum absolute atomic E-state index is 12.9. The van der Waals surface area contributed by atoms with Crippen molar-refractivity contribution in [1.29, 1.82) is 0 Å². The first-order valence-electron chi connectivity index (χ1n) is 7.50. The molecule has 24 heavy (non-hydrogen) atoms. The number of pyridine rings is 1. The SMILES string of the molecule is O=S(=O)(c1ccccc1)n1cccc1-c1ccc2ccccc2n1. The van der Waals surface area contributed by atoms with Gasteiger partial charge in [0.1, 0.15) is 0 Å². The number of hydrogen-bond acceptors (Lipinski definition) is 3. The van der Waals surface area contributed by atoms with Crippen LogP contribution < -0.4 is 0 Å². The summed E-state index contributed by atoms with van der Waals surface area (Å²) >= 11 is 0. The molecule has 0 saturated heterocycles. The molecule has 2 aromatic carbocycles. The van der Waals surface area contributed by atoms with Crippen molar-refractivity contribution in [3.8, 4) is 11.4 Å². The molecule has 0 aliphatic heterocycles. The second kappa shape index (κ2) is 5.62. The molecule has 0 aliphatic carbocycles. The molecule has 5 heteroatoms. The smallest absolute Gasteiger partial charge is 0.246 e. The van der Waals surface area contributed by atoms with Crippen LogP contribution in [0.4, 0.5) is 0 Å². The van der Waals surface area contributed by atoms with E-state index in [2.05, 4.69) is 4.98 Å². The fraction of sp³-hybridized carbons (Fsp3) is 0. The summed E-state index contributed by atoms with van der Waals surface area (Å²) in [5, 5.41) is 1.02. The highest BCUT2D eigenvalue weighted by Crippen LogP contribution is 2.25. The van der Waals surface area contributed by atoms with Gasteiger partial charge in [-0.2, -0.15) is 0 Å². The average Bonchev–Trinajstić information content (AvgIpc) is 3.13. The van der Waals surface area contributed by atoms with Crippen LogP contribution in [0.1, 0.15) is 0 Å². The molecule has 0 radical (unpaired) electrons. The Bertz CT molecular complexity index is 1120. The highest BCUT2D eigenvalue weighted by Gasteiger charge is 2.20. The van der Waals surface area contributed by atoms with Crippen LogP contribution in [0.3, 0.4) is 0 Å². The van der Waals surface area contributed by atoms with E-state index in [1.165, 1.54) is 3.97 Å². The standard InChI is InChI=1S/C19H14N2O2S/c22-24(23,16-8-2-1-3-9-16)21-14-6-11-19(21)18-13-12-15-7-4-5-10-17(15)20-18/h1-14H. The first-order chi connectivity index (χ1) is 11.7. The van der Waals surface area contributed by atoms with E-state index >= 15 is 0 Å². The minimum Gasteiger partial charge on any atom is -0.246 e. The van der Waals surface area contributed by atoms with Crippen molar-refractivity contribution < 1.29 is 8.42 Å². The molecular formula is C19H14N2O2S. The summed E-state index contributed by atoms with van der Waals surface area (Å²) < 4.78 is 27.1.